The number of carbonyl (C=O) groups is 1. The van der Waals surface area contributed by atoms with E-state index in [1.54, 1.807) is 17.2 Å². The Kier molecular flexibility index (Phi) is 4.63. The fourth-order valence-corrected chi connectivity index (χ4v) is 3.90. The van der Waals surface area contributed by atoms with Gasteiger partial charge in [0.1, 0.15) is 11.2 Å². The highest BCUT2D eigenvalue weighted by Crippen LogP contribution is 2.22. The summed E-state index contributed by atoms with van der Waals surface area (Å²) >= 11 is 0. The van der Waals surface area contributed by atoms with E-state index in [2.05, 4.69) is 48.0 Å². The number of nitrogens with zero attached hydrogens (tertiary/aromatic N) is 4. The molecule has 28 heavy (non-hydrogen) atoms. The Morgan fingerprint density at radius 1 is 1.14 bits per heavy atom. The summed E-state index contributed by atoms with van der Waals surface area (Å²) in [7, 11) is 0. The average molecular weight is 376 g/mol. The van der Waals surface area contributed by atoms with Crippen LogP contribution in [0.5, 0.6) is 0 Å². The lowest BCUT2D eigenvalue weighted by molar-refractivity contribution is 0.0724. The molecule has 0 unspecified atom stereocenters. The van der Waals surface area contributed by atoms with Gasteiger partial charge in [0.25, 0.3) is 11.5 Å². The lowest BCUT2D eigenvalue weighted by Gasteiger charge is -2.41. The highest BCUT2D eigenvalue weighted by atomic mass is 16.2. The maximum Gasteiger partial charge on any atom is 0.270 e. The molecule has 1 amide bonds. The number of amides is 1. The van der Waals surface area contributed by atoms with E-state index < -0.39 is 0 Å². The van der Waals surface area contributed by atoms with E-state index in [4.69, 9.17) is 0 Å². The number of anilines is 1. The van der Waals surface area contributed by atoms with Crippen molar-refractivity contribution < 1.29 is 4.79 Å². The van der Waals surface area contributed by atoms with Crippen LogP contribution in [-0.4, -0.2) is 45.9 Å². The summed E-state index contributed by atoms with van der Waals surface area (Å²) in [6.07, 6.45) is 3.08. The topological polar surface area (TPSA) is 57.9 Å². The third kappa shape index (κ3) is 3.15. The fourth-order valence-electron chi connectivity index (χ4n) is 3.90. The summed E-state index contributed by atoms with van der Waals surface area (Å²) in [5, 5.41) is 0. The maximum absolute atomic E-state index is 13.0. The summed E-state index contributed by atoms with van der Waals surface area (Å²) in [6.45, 7) is 7.97. The second-order valence-corrected chi connectivity index (χ2v) is 7.49. The zero-order valence-corrected chi connectivity index (χ0v) is 16.4. The van der Waals surface area contributed by atoms with Crippen LogP contribution in [0.15, 0.2) is 53.6 Å². The molecule has 1 atom stereocenters. The third-order valence-corrected chi connectivity index (χ3v) is 5.41. The summed E-state index contributed by atoms with van der Waals surface area (Å²) in [6, 6.07) is 12.3. The third-order valence-electron chi connectivity index (χ3n) is 5.41. The van der Waals surface area contributed by atoms with Gasteiger partial charge >= 0.3 is 0 Å². The summed E-state index contributed by atoms with van der Waals surface area (Å²) < 4.78 is 1.45. The van der Waals surface area contributed by atoms with Crippen molar-refractivity contribution in [2.24, 2.45) is 0 Å². The minimum absolute atomic E-state index is 0.124. The average Bonchev–Trinajstić information content (AvgIpc) is 2.68. The largest absolute Gasteiger partial charge is 0.365 e. The van der Waals surface area contributed by atoms with Gasteiger partial charge in [0.15, 0.2) is 0 Å². The SMILES string of the molecule is Cc1cccc(N2CCN(C(=O)c3cnc4c(C)cccn4c3=O)C[C@@H]2C)c1. The van der Waals surface area contributed by atoms with Crippen molar-refractivity contribution in [3.8, 4) is 0 Å². The van der Waals surface area contributed by atoms with Crippen molar-refractivity contribution >= 4 is 17.2 Å². The second kappa shape index (κ2) is 7.11. The first-order chi connectivity index (χ1) is 13.5. The molecule has 0 N–H and O–H groups in total. The Labute approximate surface area is 164 Å². The van der Waals surface area contributed by atoms with Crippen LogP contribution in [0.25, 0.3) is 5.65 Å². The van der Waals surface area contributed by atoms with Gasteiger partial charge in [0.2, 0.25) is 0 Å². The van der Waals surface area contributed by atoms with Gasteiger partial charge in [0, 0.05) is 43.8 Å². The van der Waals surface area contributed by atoms with Crippen LogP contribution < -0.4 is 10.5 Å². The van der Waals surface area contributed by atoms with Gasteiger partial charge in [-0.3, -0.25) is 14.0 Å². The van der Waals surface area contributed by atoms with Crippen LogP contribution in [0.2, 0.25) is 0 Å². The number of hydrogen-bond acceptors (Lipinski definition) is 4. The van der Waals surface area contributed by atoms with Crippen LogP contribution in [-0.2, 0) is 0 Å². The molecular formula is C22H24N4O2. The number of carbonyl (C=O) groups excluding carboxylic acids is 1. The quantitative estimate of drug-likeness (QED) is 0.690. The predicted octanol–water partition coefficient (Wildman–Crippen LogP) is 2.66. The molecule has 144 valence electrons. The van der Waals surface area contributed by atoms with Crippen LogP contribution in [0.3, 0.4) is 0 Å². The Hall–Kier alpha value is -3.15. The number of piperazine rings is 1. The Bertz CT molecular complexity index is 1110. The zero-order chi connectivity index (χ0) is 19.8. The smallest absolute Gasteiger partial charge is 0.270 e. The minimum Gasteiger partial charge on any atom is -0.365 e. The highest BCUT2D eigenvalue weighted by Gasteiger charge is 2.29. The van der Waals surface area contributed by atoms with E-state index in [0.717, 1.165) is 12.1 Å². The first-order valence-electron chi connectivity index (χ1n) is 9.55. The zero-order valence-electron chi connectivity index (χ0n) is 16.4. The molecule has 3 aromatic rings. The van der Waals surface area contributed by atoms with Crippen LogP contribution in [0.1, 0.15) is 28.4 Å². The van der Waals surface area contributed by atoms with Gasteiger partial charge < -0.3 is 9.80 Å². The number of benzene rings is 1. The van der Waals surface area contributed by atoms with Crippen molar-refractivity contribution in [1.82, 2.24) is 14.3 Å². The van der Waals surface area contributed by atoms with Crippen LogP contribution in [0, 0.1) is 13.8 Å². The van der Waals surface area contributed by atoms with Gasteiger partial charge in [-0.05, 0) is 50.1 Å². The van der Waals surface area contributed by atoms with Crippen molar-refractivity contribution in [3.63, 3.8) is 0 Å². The standard InChI is InChI=1S/C22H24N4O2/c1-15-6-4-8-18(12-15)25-11-10-24(14-17(25)3)21(27)19-13-23-20-16(2)7-5-9-26(20)22(19)28/h4-9,12-13,17H,10-11,14H2,1-3H3/t17-/m0/s1. The number of fused-ring (bicyclic) bond motifs is 1. The number of pyridine rings is 1. The van der Waals surface area contributed by atoms with Gasteiger partial charge in [-0.15, -0.1) is 0 Å². The van der Waals surface area contributed by atoms with E-state index in [9.17, 15) is 9.59 Å². The number of hydrogen-bond donors (Lipinski definition) is 0. The molecule has 6 heteroatoms. The Morgan fingerprint density at radius 2 is 1.96 bits per heavy atom. The van der Waals surface area contributed by atoms with E-state index in [1.807, 2.05) is 13.0 Å². The molecular weight excluding hydrogens is 352 g/mol. The lowest BCUT2D eigenvalue weighted by atomic mass is 10.1. The molecule has 3 heterocycles. The van der Waals surface area contributed by atoms with Gasteiger partial charge in [0.05, 0.1) is 0 Å². The number of rotatable bonds is 2. The van der Waals surface area contributed by atoms with E-state index in [1.165, 1.54) is 21.8 Å². The highest BCUT2D eigenvalue weighted by molar-refractivity contribution is 5.94. The molecule has 1 saturated heterocycles. The molecule has 1 aliphatic heterocycles. The van der Waals surface area contributed by atoms with Gasteiger partial charge in [-0.2, -0.15) is 0 Å². The van der Waals surface area contributed by atoms with Crippen LogP contribution >= 0.6 is 0 Å². The summed E-state index contributed by atoms with van der Waals surface area (Å²) in [5.41, 5.74) is 3.68. The maximum atomic E-state index is 13.0. The first-order valence-corrected chi connectivity index (χ1v) is 9.55. The normalized spacial score (nSPS) is 17.2. The first kappa shape index (κ1) is 18.2. The lowest BCUT2D eigenvalue weighted by Crippen LogP contribution is -2.54. The molecule has 2 aromatic heterocycles. The fraction of sp³-hybridized carbons (Fsp3) is 0.318. The Balaban J connectivity index is 1.58. The molecule has 4 rings (SSSR count). The van der Waals surface area contributed by atoms with E-state index in [-0.39, 0.29) is 23.1 Å². The minimum atomic E-state index is -0.313. The molecule has 0 aliphatic carbocycles. The molecule has 1 aliphatic rings. The van der Waals surface area contributed by atoms with E-state index >= 15 is 0 Å². The molecule has 0 spiro atoms. The summed E-state index contributed by atoms with van der Waals surface area (Å²) in [4.78, 5) is 34.3. The Morgan fingerprint density at radius 3 is 2.71 bits per heavy atom. The number of aromatic nitrogens is 2. The number of aryl methyl sites for hydroxylation is 2. The molecule has 6 nitrogen and oxygen atoms in total. The van der Waals surface area contributed by atoms with Crippen molar-refractivity contribution in [1.29, 1.82) is 0 Å². The van der Waals surface area contributed by atoms with Crippen molar-refractivity contribution in [2.45, 2.75) is 26.8 Å². The van der Waals surface area contributed by atoms with Gasteiger partial charge in [-0.25, -0.2) is 4.98 Å². The molecule has 1 aromatic carbocycles. The van der Waals surface area contributed by atoms with Crippen molar-refractivity contribution in [2.75, 3.05) is 24.5 Å². The second-order valence-electron chi connectivity index (χ2n) is 7.49. The molecule has 1 fully saturated rings. The summed E-state index contributed by atoms with van der Waals surface area (Å²) in [5.74, 6) is -0.246. The molecule has 0 radical (unpaired) electrons. The predicted molar refractivity (Wildman–Crippen MR) is 110 cm³/mol. The monoisotopic (exact) mass is 376 g/mol. The van der Waals surface area contributed by atoms with Crippen LogP contribution in [0.4, 0.5) is 5.69 Å². The van der Waals surface area contributed by atoms with E-state index in [0.29, 0.717) is 18.7 Å². The van der Waals surface area contributed by atoms with Crippen molar-refractivity contribution in [3.05, 3.63) is 75.8 Å². The molecule has 0 bridgehead atoms. The van der Waals surface area contributed by atoms with Gasteiger partial charge in [-0.1, -0.05) is 18.2 Å². The molecule has 0 saturated carbocycles.